The van der Waals surface area contributed by atoms with Crippen LogP contribution in [0.3, 0.4) is 0 Å². The Morgan fingerprint density at radius 3 is 2.80 bits per heavy atom. The van der Waals surface area contributed by atoms with Gasteiger partial charge in [-0.25, -0.2) is 4.98 Å². The normalized spacial score (nSPS) is 10.7. The highest BCUT2D eigenvalue weighted by Crippen LogP contribution is 2.22. The fraction of sp³-hybridized carbons (Fsp3) is 0.0769. The summed E-state index contributed by atoms with van der Waals surface area (Å²) in [6.07, 6.45) is 1.57. The fourth-order valence-electron chi connectivity index (χ4n) is 1.52. The number of aryl methyl sites for hydroxylation is 1. The molecule has 20 heavy (non-hydrogen) atoms. The summed E-state index contributed by atoms with van der Waals surface area (Å²) in [5.41, 5.74) is 4.03. The van der Waals surface area contributed by atoms with E-state index in [0.29, 0.717) is 5.69 Å². The van der Waals surface area contributed by atoms with Gasteiger partial charge in [0.25, 0.3) is 0 Å². The van der Waals surface area contributed by atoms with Crippen LogP contribution < -0.4 is 5.43 Å². The number of pyridine rings is 1. The van der Waals surface area contributed by atoms with Gasteiger partial charge in [0.1, 0.15) is 0 Å². The van der Waals surface area contributed by atoms with Crippen LogP contribution in [0.4, 0.5) is 11.5 Å². The molecular formula is C13H11BrN4O2. The van der Waals surface area contributed by atoms with Crippen LogP contribution in [-0.2, 0) is 0 Å². The zero-order chi connectivity index (χ0) is 14.5. The highest BCUT2D eigenvalue weighted by atomic mass is 79.9. The van der Waals surface area contributed by atoms with Crippen molar-refractivity contribution in [1.82, 2.24) is 4.98 Å². The molecule has 0 fully saturated rings. The van der Waals surface area contributed by atoms with Crippen molar-refractivity contribution >= 4 is 33.6 Å². The molecule has 0 bridgehead atoms. The van der Waals surface area contributed by atoms with Crippen molar-refractivity contribution in [1.29, 1.82) is 0 Å². The molecule has 0 saturated heterocycles. The topological polar surface area (TPSA) is 80.4 Å². The lowest BCUT2D eigenvalue weighted by Gasteiger charge is -2.02. The Morgan fingerprint density at radius 2 is 2.10 bits per heavy atom. The minimum atomic E-state index is -0.497. The first-order chi connectivity index (χ1) is 9.58. The number of nitrogens with zero attached hydrogens (tertiary/aromatic N) is 3. The van der Waals surface area contributed by atoms with Gasteiger partial charge in [0.05, 0.1) is 11.1 Å². The lowest BCUT2D eigenvalue weighted by molar-refractivity contribution is -0.384. The van der Waals surface area contributed by atoms with E-state index in [2.05, 4.69) is 31.4 Å². The van der Waals surface area contributed by atoms with E-state index < -0.39 is 4.92 Å². The molecule has 2 aromatic rings. The number of hydrazone groups is 1. The van der Waals surface area contributed by atoms with Crippen molar-refractivity contribution in [3.8, 4) is 0 Å². The molecule has 1 heterocycles. The lowest BCUT2D eigenvalue weighted by atomic mass is 10.2. The van der Waals surface area contributed by atoms with Crippen molar-refractivity contribution in [2.75, 3.05) is 5.43 Å². The van der Waals surface area contributed by atoms with Crippen LogP contribution in [-0.4, -0.2) is 16.1 Å². The van der Waals surface area contributed by atoms with E-state index in [9.17, 15) is 10.1 Å². The summed E-state index contributed by atoms with van der Waals surface area (Å²) in [4.78, 5) is 14.5. The molecule has 2 rings (SSSR count). The zero-order valence-electron chi connectivity index (χ0n) is 10.6. The molecule has 1 aromatic carbocycles. The Bertz CT molecular complexity index is 673. The minimum absolute atomic E-state index is 0.111. The molecule has 0 saturated carbocycles. The average Bonchev–Trinajstić information content (AvgIpc) is 2.41. The van der Waals surface area contributed by atoms with Gasteiger partial charge in [-0.15, -0.1) is 0 Å². The van der Waals surface area contributed by atoms with E-state index in [1.54, 1.807) is 19.2 Å². The number of aromatic nitrogens is 1. The number of hydrogen-bond acceptors (Lipinski definition) is 5. The molecule has 6 nitrogen and oxygen atoms in total. The number of halogens is 1. The molecule has 1 aromatic heterocycles. The van der Waals surface area contributed by atoms with Crippen LogP contribution in [0.25, 0.3) is 0 Å². The van der Waals surface area contributed by atoms with E-state index >= 15 is 0 Å². The molecule has 0 aliphatic carbocycles. The third kappa shape index (κ3) is 3.39. The quantitative estimate of drug-likeness (QED) is 0.527. The maximum atomic E-state index is 10.9. The minimum Gasteiger partial charge on any atom is -0.258 e. The second-order valence-electron chi connectivity index (χ2n) is 3.97. The molecule has 0 atom stereocenters. The van der Waals surface area contributed by atoms with Gasteiger partial charge in [-0.1, -0.05) is 34.1 Å². The second kappa shape index (κ2) is 6.25. The largest absolute Gasteiger partial charge is 0.313 e. The molecule has 0 unspecified atom stereocenters. The van der Waals surface area contributed by atoms with Crippen LogP contribution in [0.5, 0.6) is 0 Å². The molecule has 102 valence electrons. The predicted molar refractivity (Wildman–Crippen MR) is 81.0 cm³/mol. The van der Waals surface area contributed by atoms with Gasteiger partial charge in [0.15, 0.2) is 0 Å². The predicted octanol–water partition coefficient (Wildman–Crippen LogP) is 3.51. The van der Waals surface area contributed by atoms with Crippen molar-refractivity contribution in [2.45, 2.75) is 6.92 Å². The van der Waals surface area contributed by atoms with Gasteiger partial charge < -0.3 is 0 Å². The van der Waals surface area contributed by atoms with Gasteiger partial charge in [-0.05, 0) is 19.1 Å². The Hall–Kier alpha value is -2.28. The van der Waals surface area contributed by atoms with Gasteiger partial charge >= 0.3 is 5.69 Å². The van der Waals surface area contributed by atoms with E-state index in [0.717, 1.165) is 10.0 Å². The number of benzene rings is 1. The summed E-state index contributed by atoms with van der Waals surface area (Å²) in [6, 6.07) is 10.5. The van der Waals surface area contributed by atoms with E-state index in [-0.39, 0.29) is 11.5 Å². The van der Waals surface area contributed by atoms with E-state index in [1.165, 1.54) is 6.07 Å². The van der Waals surface area contributed by atoms with Crippen LogP contribution >= 0.6 is 15.9 Å². The molecule has 1 N–H and O–H groups in total. The van der Waals surface area contributed by atoms with Crippen LogP contribution in [0.2, 0.25) is 0 Å². The highest BCUT2D eigenvalue weighted by molar-refractivity contribution is 9.10. The molecule has 0 radical (unpaired) electrons. The monoisotopic (exact) mass is 334 g/mol. The highest BCUT2D eigenvalue weighted by Gasteiger charge is 2.14. The second-order valence-corrected chi connectivity index (χ2v) is 4.82. The molecule has 7 heteroatoms. The lowest BCUT2D eigenvalue weighted by Crippen LogP contribution is -2.00. The summed E-state index contributed by atoms with van der Waals surface area (Å²) in [5.74, 6) is 0.123. The SMILES string of the molecule is Cc1ccc([N+](=O)[O-])c(N/N=C\c2ccccc2Br)n1. The average molecular weight is 335 g/mol. The zero-order valence-corrected chi connectivity index (χ0v) is 12.2. The maximum absolute atomic E-state index is 10.9. The van der Waals surface area contributed by atoms with Crippen LogP contribution in [0.1, 0.15) is 11.3 Å². The first kappa shape index (κ1) is 14.1. The number of rotatable bonds is 4. The molecular weight excluding hydrogens is 324 g/mol. The third-order valence-electron chi connectivity index (χ3n) is 2.49. The Morgan fingerprint density at radius 1 is 1.35 bits per heavy atom. The summed E-state index contributed by atoms with van der Waals surface area (Å²) in [6.45, 7) is 1.76. The van der Waals surface area contributed by atoms with Gasteiger partial charge in [-0.2, -0.15) is 5.10 Å². The van der Waals surface area contributed by atoms with Gasteiger partial charge in [0, 0.05) is 21.8 Å². The Kier molecular flexibility index (Phi) is 4.41. The van der Waals surface area contributed by atoms with E-state index in [4.69, 9.17) is 0 Å². The smallest absolute Gasteiger partial charge is 0.258 e. The summed E-state index contributed by atoms with van der Waals surface area (Å²) >= 11 is 3.39. The van der Waals surface area contributed by atoms with Crippen molar-refractivity contribution in [3.63, 3.8) is 0 Å². The number of nitro groups is 1. The maximum Gasteiger partial charge on any atom is 0.313 e. The summed E-state index contributed by atoms with van der Waals surface area (Å²) in [7, 11) is 0. The first-order valence-corrected chi connectivity index (χ1v) is 6.53. The Labute approximate surface area is 123 Å². The van der Waals surface area contributed by atoms with Crippen molar-refractivity contribution < 1.29 is 4.92 Å². The van der Waals surface area contributed by atoms with Crippen molar-refractivity contribution in [3.05, 3.63) is 62.2 Å². The van der Waals surface area contributed by atoms with Gasteiger partial charge in [0.2, 0.25) is 5.82 Å². The molecule has 0 aliphatic rings. The first-order valence-electron chi connectivity index (χ1n) is 5.73. The van der Waals surface area contributed by atoms with Crippen LogP contribution in [0, 0.1) is 17.0 Å². The molecule has 0 spiro atoms. The number of anilines is 1. The number of nitrogens with one attached hydrogen (secondary N) is 1. The van der Waals surface area contributed by atoms with Gasteiger partial charge in [-0.3, -0.25) is 15.5 Å². The number of hydrogen-bond donors (Lipinski definition) is 1. The fourth-order valence-corrected chi connectivity index (χ4v) is 1.91. The Balaban J connectivity index is 2.21. The summed E-state index contributed by atoms with van der Waals surface area (Å²) < 4.78 is 0.886. The standard InChI is InChI=1S/C13H11BrN4O2/c1-9-6-7-12(18(19)20)13(16-9)17-15-8-10-4-2-3-5-11(10)14/h2-8H,1H3,(H,16,17)/b15-8-. The molecule has 0 aliphatic heterocycles. The van der Waals surface area contributed by atoms with E-state index in [1.807, 2.05) is 24.3 Å². The third-order valence-corrected chi connectivity index (χ3v) is 3.21. The van der Waals surface area contributed by atoms with Crippen LogP contribution in [0.15, 0.2) is 46.0 Å². The molecule has 0 amide bonds. The van der Waals surface area contributed by atoms with Crippen molar-refractivity contribution in [2.24, 2.45) is 5.10 Å². The summed E-state index contributed by atoms with van der Waals surface area (Å²) in [5, 5.41) is 14.9.